The van der Waals surface area contributed by atoms with Crippen molar-refractivity contribution in [3.8, 4) is 0 Å². The molecule has 0 saturated carbocycles. The number of hydrogen-bond donors (Lipinski definition) is 3. The lowest BCUT2D eigenvalue weighted by atomic mass is 10.3. The number of rotatable bonds is 7. The molecule has 12 heteroatoms. The van der Waals surface area contributed by atoms with Gasteiger partial charge < -0.3 is 21.1 Å². The van der Waals surface area contributed by atoms with E-state index in [4.69, 9.17) is 28.9 Å². The van der Waals surface area contributed by atoms with E-state index in [1.54, 1.807) is 6.07 Å². The molecule has 27 heavy (non-hydrogen) atoms. The highest BCUT2D eigenvalue weighted by Crippen LogP contribution is 2.34. The highest BCUT2D eigenvalue weighted by molar-refractivity contribution is 6.42. The standard InChI is InChI=1S/C15H14Cl2F3N5O2/c16-10-3-2-8(6-11(10)17)24-14-23-7-9(15(18,19)20)12(25-14)22-4-1-5-27-13(21)26/h2-3,6-7H,1,4-5H2,(H2,21,26)(H2,22,23,24,25). The Labute approximate surface area is 162 Å². The van der Waals surface area contributed by atoms with E-state index in [0.717, 1.165) is 0 Å². The van der Waals surface area contributed by atoms with Gasteiger partial charge in [-0.25, -0.2) is 9.78 Å². The van der Waals surface area contributed by atoms with Gasteiger partial charge in [0.1, 0.15) is 11.4 Å². The van der Waals surface area contributed by atoms with Gasteiger partial charge in [-0.05, 0) is 24.6 Å². The van der Waals surface area contributed by atoms with Crippen molar-refractivity contribution in [2.24, 2.45) is 5.73 Å². The van der Waals surface area contributed by atoms with Crippen LogP contribution in [0.3, 0.4) is 0 Å². The molecule has 1 aromatic heterocycles. The molecule has 2 rings (SSSR count). The van der Waals surface area contributed by atoms with E-state index in [1.807, 2.05) is 0 Å². The quantitative estimate of drug-likeness (QED) is 0.568. The molecule has 1 aromatic carbocycles. The Morgan fingerprint density at radius 2 is 2.00 bits per heavy atom. The molecule has 0 bridgehead atoms. The van der Waals surface area contributed by atoms with Gasteiger partial charge >= 0.3 is 12.3 Å². The van der Waals surface area contributed by atoms with Crippen molar-refractivity contribution < 1.29 is 22.7 Å². The van der Waals surface area contributed by atoms with Gasteiger partial charge in [-0.3, -0.25) is 0 Å². The summed E-state index contributed by atoms with van der Waals surface area (Å²) in [6.07, 6.45) is -4.70. The van der Waals surface area contributed by atoms with E-state index in [1.165, 1.54) is 12.1 Å². The number of alkyl halides is 3. The molecule has 7 nitrogen and oxygen atoms in total. The van der Waals surface area contributed by atoms with Crippen LogP contribution >= 0.6 is 23.2 Å². The molecule has 0 saturated heterocycles. The Kier molecular flexibility index (Phi) is 6.92. The van der Waals surface area contributed by atoms with Gasteiger partial charge in [-0.2, -0.15) is 18.2 Å². The summed E-state index contributed by atoms with van der Waals surface area (Å²) in [5.74, 6) is -0.489. The van der Waals surface area contributed by atoms with E-state index < -0.39 is 23.7 Å². The van der Waals surface area contributed by atoms with E-state index >= 15 is 0 Å². The Balaban J connectivity index is 2.14. The lowest BCUT2D eigenvalue weighted by Crippen LogP contribution is -2.18. The van der Waals surface area contributed by atoms with Gasteiger partial charge in [0.15, 0.2) is 0 Å². The zero-order chi connectivity index (χ0) is 20.0. The maximum Gasteiger partial charge on any atom is 0.421 e. The molecule has 0 fully saturated rings. The number of nitrogens with two attached hydrogens (primary N) is 1. The van der Waals surface area contributed by atoms with Crippen LogP contribution < -0.4 is 16.4 Å². The van der Waals surface area contributed by atoms with Crippen LogP contribution in [0.2, 0.25) is 10.0 Å². The average Bonchev–Trinajstić information content (AvgIpc) is 2.57. The van der Waals surface area contributed by atoms with Gasteiger partial charge in [-0.1, -0.05) is 23.2 Å². The highest BCUT2D eigenvalue weighted by atomic mass is 35.5. The smallest absolute Gasteiger partial charge is 0.421 e. The third-order valence-corrected chi connectivity index (χ3v) is 3.87. The van der Waals surface area contributed by atoms with E-state index in [2.05, 4.69) is 25.3 Å². The maximum atomic E-state index is 13.1. The number of amides is 1. The van der Waals surface area contributed by atoms with Gasteiger partial charge in [0, 0.05) is 18.4 Å². The predicted octanol–water partition coefficient (Wildman–Crippen LogP) is 4.44. The molecule has 0 radical (unpaired) electrons. The number of ether oxygens (including phenoxy) is 1. The number of hydrogen-bond acceptors (Lipinski definition) is 6. The lowest BCUT2D eigenvalue weighted by molar-refractivity contribution is -0.137. The fourth-order valence-electron chi connectivity index (χ4n) is 1.94. The third-order valence-electron chi connectivity index (χ3n) is 3.13. The number of benzene rings is 1. The van der Waals surface area contributed by atoms with Crippen LogP contribution in [-0.4, -0.2) is 29.2 Å². The summed E-state index contributed by atoms with van der Waals surface area (Å²) in [6.45, 7) is 0.0305. The van der Waals surface area contributed by atoms with Crippen LogP contribution in [0.1, 0.15) is 12.0 Å². The number of carbonyl (C=O) groups is 1. The maximum absolute atomic E-state index is 13.1. The molecule has 0 aliphatic rings. The monoisotopic (exact) mass is 423 g/mol. The summed E-state index contributed by atoms with van der Waals surface area (Å²) in [6, 6.07) is 4.58. The Bertz CT molecular complexity index is 821. The van der Waals surface area contributed by atoms with Crippen LogP contribution in [-0.2, 0) is 10.9 Å². The number of anilines is 3. The summed E-state index contributed by atoms with van der Waals surface area (Å²) in [5, 5.41) is 5.89. The summed E-state index contributed by atoms with van der Waals surface area (Å²) in [4.78, 5) is 18.0. The number of aromatic nitrogens is 2. The average molecular weight is 424 g/mol. The largest absolute Gasteiger partial charge is 0.450 e. The van der Waals surface area contributed by atoms with Gasteiger partial charge in [0.05, 0.1) is 16.7 Å². The van der Waals surface area contributed by atoms with Crippen molar-refractivity contribution >= 4 is 46.7 Å². The highest BCUT2D eigenvalue weighted by Gasteiger charge is 2.35. The second-order valence-corrected chi connectivity index (χ2v) is 5.97. The summed E-state index contributed by atoms with van der Waals surface area (Å²) in [5.41, 5.74) is 4.22. The zero-order valence-corrected chi connectivity index (χ0v) is 15.1. The molecule has 0 spiro atoms. The number of carbonyl (C=O) groups excluding carboxylic acids is 1. The van der Waals surface area contributed by atoms with Crippen molar-refractivity contribution in [2.75, 3.05) is 23.8 Å². The summed E-state index contributed by atoms with van der Waals surface area (Å²) in [7, 11) is 0. The first-order valence-electron chi connectivity index (χ1n) is 7.49. The third kappa shape index (κ3) is 6.33. The topological polar surface area (TPSA) is 102 Å². The second-order valence-electron chi connectivity index (χ2n) is 5.16. The number of halogens is 5. The molecule has 4 N–H and O–H groups in total. The van der Waals surface area contributed by atoms with Crippen LogP contribution in [0.5, 0.6) is 0 Å². The first-order valence-corrected chi connectivity index (χ1v) is 8.25. The molecular weight excluding hydrogens is 410 g/mol. The van der Waals surface area contributed by atoms with Crippen LogP contribution in [0, 0.1) is 0 Å². The molecular formula is C15H14Cl2F3N5O2. The Morgan fingerprint density at radius 1 is 1.26 bits per heavy atom. The minimum atomic E-state index is -4.64. The molecule has 1 heterocycles. The normalized spacial score (nSPS) is 11.1. The molecule has 0 aliphatic heterocycles. The molecule has 146 valence electrons. The summed E-state index contributed by atoms with van der Waals surface area (Å²) >= 11 is 11.7. The van der Waals surface area contributed by atoms with Crippen LogP contribution in [0.15, 0.2) is 24.4 Å². The number of primary amides is 1. The van der Waals surface area contributed by atoms with E-state index in [-0.39, 0.29) is 30.5 Å². The Morgan fingerprint density at radius 3 is 2.63 bits per heavy atom. The van der Waals surface area contributed by atoms with Crippen molar-refractivity contribution in [3.05, 3.63) is 40.0 Å². The van der Waals surface area contributed by atoms with Crippen molar-refractivity contribution in [1.82, 2.24) is 9.97 Å². The lowest BCUT2D eigenvalue weighted by Gasteiger charge is -2.15. The van der Waals surface area contributed by atoms with E-state index in [0.29, 0.717) is 16.9 Å². The zero-order valence-electron chi connectivity index (χ0n) is 13.6. The fourth-order valence-corrected chi connectivity index (χ4v) is 2.24. The minimum absolute atomic E-state index is 0.0385. The molecule has 0 atom stereocenters. The van der Waals surface area contributed by atoms with Crippen LogP contribution in [0.25, 0.3) is 0 Å². The SMILES string of the molecule is NC(=O)OCCCNc1nc(Nc2ccc(Cl)c(Cl)c2)ncc1C(F)(F)F. The van der Waals surface area contributed by atoms with Gasteiger partial charge in [0.2, 0.25) is 5.95 Å². The summed E-state index contributed by atoms with van der Waals surface area (Å²) < 4.78 is 43.9. The van der Waals surface area contributed by atoms with Crippen molar-refractivity contribution in [2.45, 2.75) is 12.6 Å². The Hall–Kier alpha value is -2.46. The van der Waals surface area contributed by atoms with Crippen LogP contribution in [0.4, 0.5) is 35.4 Å². The van der Waals surface area contributed by atoms with Gasteiger partial charge in [-0.15, -0.1) is 0 Å². The van der Waals surface area contributed by atoms with Crippen molar-refractivity contribution in [3.63, 3.8) is 0 Å². The number of nitrogens with zero attached hydrogens (tertiary/aromatic N) is 2. The van der Waals surface area contributed by atoms with Gasteiger partial charge in [0.25, 0.3) is 0 Å². The molecule has 2 aromatic rings. The molecule has 1 amide bonds. The first-order chi connectivity index (χ1) is 12.7. The molecule has 0 unspecified atom stereocenters. The second kappa shape index (κ2) is 8.96. The fraction of sp³-hybridized carbons (Fsp3) is 0.267. The van der Waals surface area contributed by atoms with Crippen molar-refractivity contribution in [1.29, 1.82) is 0 Å². The minimum Gasteiger partial charge on any atom is -0.450 e. The first kappa shape index (κ1) is 20.8. The molecule has 0 aliphatic carbocycles. The van der Waals surface area contributed by atoms with E-state index in [9.17, 15) is 18.0 Å². The number of nitrogens with one attached hydrogen (secondary N) is 2. The predicted molar refractivity (Wildman–Crippen MR) is 95.4 cm³/mol.